The van der Waals surface area contributed by atoms with Crippen molar-refractivity contribution in [2.75, 3.05) is 0 Å². The van der Waals surface area contributed by atoms with Crippen molar-refractivity contribution in [3.8, 4) is 0 Å². The summed E-state index contributed by atoms with van der Waals surface area (Å²) in [6.45, 7) is 0. The number of hydrogen-bond acceptors (Lipinski definition) is 0. The quantitative estimate of drug-likeness (QED) is 0.501. The summed E-state index contributed by atoms with van der Waals surface area (Å²) in [6, 6.07) is 0. The predicted molar refractivity (Wildman–Crippen MR) is 80.1 cm³/mol. The van der Waals surface area contributed by atoms with Crippen LogP contribution in [0.15, 0.2) is 0 Å². The molecule has 0 aromatic carbocycles. The van der Waals surface area contributed by atoms with E-state index >= 15 is 0 Å². The first-order valence-corrected chi connectivity index (χ1v) is 9.51. The summed E-state index contributed by atoms with van der Waals surface area (Å²) in [5.74, 6) is 0. The molecule has 0 saturated heterocycles. The summed E-state index contributed by atoms with van der Waals surface area (Å²) in [4.78, 5) is 0. The standard InChI is InChI=1S/2C6H11.2BrH.Sn/c2*1-2-4-6-5-3-1;;;/h2*1H,2-6H2;2*1H;. The van der Waals surface area contributed by atoms with Gasteiger partial charge in [0, 0.05) is 0 Å². The Bertz CT molecular complexity index is 125. The molecule has 0 unspecified atom stereocenters. The summed E-state index contributed by atoms with van der Waals surface area (Å²) < 4.78 is 2.58. The number of halogens is 2. The van der Waals surface area contributed by atoms with E-state index in [1.165, 1.54) is 7.87 Å². The molecule has 0 aromatic rings. The van der Waals surface area contributed by atoms with Crippen LogP contribution in [-0.2, 0) is 0 Å². The van der Waals surface area contributed by atoms with Crippen molar-refractivity contribution in [2.45, 2.75) is 72.1 Å². The van der Waals surface area contributed by atoms with Crippen LogP contribution in [0.25, 0.3) is 0 Å². The Kier molecular flexibility index (Phi) is 10.9. The SMILES string of the molecule is Br.Br.C1CC[CH]([Sn][CH]2CCCCC2)CC1. The fourth-order valence-electron chi connectivity index (χ4n) is 2.87. The van der Waals surface area contributed by atoms with E-state index in [9.17, 15) is 0 Å². The minimum atomic E-state index is 0. The van der Waals surface area contributed by atoms with Gasteiger partial charge in [-0.1, -0.05) is 0 Å². The molecule has 2 radical (unpaired) electrons. The van der Waals surface area contributed by atoms with E-state index in [1.807, 2.05) is 0 Å². The van der Waals surface area contributed by atoms with E-state index in [0.717, 1.165) is 0 Å². The van der Waals surface area contributed by atoms with Crippen molar-refractivity contribution in [2.24, 2.45) is 0 Å². The molecule has 0 spiro atoms. The fourth-order valence-corrected chi connectivity index (χ4v) is 9.01. The van der Waals surface area contributed by atoms with E-state index in [4.69, 9.17) is 0 Å². The molecule has 0 aromatic heterocycles. The molecule has 3 heteroatoms. The molecule has 0 N–H and O–H groups in total. The molecule has 2 saturated carbocycles. The van der Waals surface area contributed by atoms with E-state index < -0.39 is 0 Å². The summed E-state index contributed by atoms with van der Waals surface area (Å²) in [6.07, 6.45) is 15.9. The molecule has 0 aliphatic heterocycles. The van der Waals surface area contributed by atoms with E-state index in [0.29, 0.717) is 0 Å². The maximum absolute atomic E-state index is 1.63. The van der Waals surface area contributed by atoms with Crippen LogP contribution in [0.3, 0.4) is 0 Å². The van der Waals surface area contributed by atoms with Gasteiger partial charge in [0.2, 0.25) is 0 Å². The summed E-state index contributed by atoms with van der Waals surface area (Å²) in [5, 5.41) is 0. The van der Waals surface area contributed by atoms with Crippen molar-refractivity contribution >= 4 is 55.1 Å². The first kappa shape index (κ1) is 16.8. The molecule has 0 heterocycles. The second-order valence-corrected chi connectivity index (χ2v) is 10.4. The van der Waals surface area contributed by atoms with Gasteiger partial charge in [-0.15, -0.1) is 34.0 Å². The molecule has 0 amide bonds. The molecule has 2 fully saturated rings. The van der Waals surface area contributed by atoms with Gasteiger partial charge in [-0.05, 0) is 0 Å². The molecule has 90 valence electrons. The average molecular weight is 447 g/mol. The van der Waals surface area contributed by atoms with Crippen LogP contribution in [-0.4, -0.2) is 21.1 Å². The van der Waals surface area contributed by atoms with Crippen molar-refractivity contribution in [1.29, 1.82) is 0 Å². The molecule has 0 bridgehead atoms. The van der Waals surface area contributed by atoms with E-state index in [1.54, 1.807) is 64.2 Å². The maximum atomic E-state index is 1.63. The molecular weight excluding hydrogens is 423 g/mol. The van der Waals surface area contributed by atoms with Crippen molar-refractivity contribution in [3.05, 3.63) is 0 Å². The van der Waals surface area contributed by atoms with Gasteiger partial charge < -0.3 is 0 Å². The molecule has 2 aliphatic carbocycles. The van der Waals surface area contributed by atoms with Crippen LogP contribution < -0.4 is 0 Å². The monoisotopic (exact) mass is 446 g/mol. The van der Waals surface area contributed by atoms with Crippen LogP contribution in [0.2, 0.25) is 7.87 Å². The fraction of sp³-hybridized carbons (Fsp3) is 1.00. The van der Waals surface area contributed by atoms with Gasteiger partial charge in [0.15, 0.2) is 0 Å². The van der Waals surface area contributed by atoms with Crippen molar-refractivity contribution < 1.29 is 0 Å². The third-order valence-corrected chi connectivity index (χ3v) is 9.67. The number of rotatable bonds is 2. The third-order valence-electron chi connectivity index (χ3n) is 3.68. The minimum absolute atomic E-state index is 0. The van der Waals surface area contributed by atoms with Crippen LogP contribution in [0, 0.1) is 0 Å². The first-order chi connectivity index (χ1) is 6.45. The van der Waals surface area contributed by atoms with Crippen LogP contribution >= 0.6 is 34.0 Å². The predicted octanol–water partition coefficient (Wildman–Crippen LogP) is 5.35. The molecule has 0 atom stereocenters. The molecule has 0 nitrogen and oxygen atoms in total. The van der Waals surface area contributed by atoms with Gasteiger partial charge >= 0.3 is 93.2 Å². The zero-order valence-corrected chi connectivity index (χ0v) is 15.8. The van der Waals surface area contributed by atoms with Gasteiger partial charge in [-0.25, -0.2) is 0 Å². The molecule has 2 rings (SSSR count). The Morgan fingerprint density at radius 2 is 0.867 bits per heavy atom. The summed E-state index contributed by atoms with van der Waals surface area (Å²) in [5.41, 5.74) is 0. The van der Waals surface area contributed by atoms with Gasteiger partial charge in [-0.2, -0.15) is 0 Å². The van der Waals surface area contributed by atoms with Crippen LogP contribution in [0.1, 0.15) is 64.2 Å². The third kappa shape index (κ3) is 6.30. The van der Waals surface area contributed by atoms with Crippen LogP contribution in [0.4, 0.5) is 0 Å². The second kappa shape index (κ2) is 9.75. The van der Waals surface area contributed by atoms with Gasteiger partial charge in [-0.3, -0.25) is 0 Å². The summed E-state index contributed by atoms with van der Waals surface area (Å²) >= 11 is 0.0367. The summed E-state index contributed by atoms with van der Waals surface area (Å²) in [7, 11) is 0. The van der Waals surface area contributed by atoms with Crippen LogP contribution in [0.5, 0.6) is 0 Å². The molecular formula is C12H24Br2Sn. The molecule has 15 heavy (non-hydrogen) atoms. The van der Waals surface area contributed by atoms with Crippen molar-refractivity contribution in [3.63, 3.8) is 0 Å². The second-order valence-electron chi connectivity index (χ2n) is 4.84. The Labute approximate surface area is 126 Å². The van der Waals surface area contributed by atoms with Gasteiger partial charge in [0.1, 0.15) is 0 Å². The topological polar surface area (TPSA) is 0 Å². The van der Waals surface area contributed by atoms with E-state index in [-0.39, 0.29) is 55.1 Å². The van der Waals surface area contributed by atoms with E-state index in [2.05, 4.69) is 0 Å². The zero-order chi connectivity index (χ0) is 8.93. The zero-order valence-electron chi connectivity index (χ0n) is 9.54. The van der Waals surface area contributed by atoms with Gasteiger partial charge in [0.25, 0.3) is 0 Å². The van der Waals surface area contributed by atoms with Gasteiger partial charge in [0.05, 0.1) is 0 Å². The Morgan fingerprint density at radius 3 is 1.20 bits per heavy atom. The Morgan fingerprint density at radius 1 is 0.533 bits per heavy atom. The Balaban J connectivity index is 0.000000980. The van der Waals surface area contributed by atoms with Crippen molar-refractivity contribution in [1.82, 2.24) is 0 Å². The average Bonchev–Trinajstić information content (AvgIpc) is 2.21. The Hall–Kier alpha value is 1.76. The number of hydrogen-bond donors (Lipinski definition) is 0. The molecule has 2 aliphatic rings. The normalized spacial score (nSPS) is 24.0. The first-order valence-electron chi connectivity index (χ1n) is 6.21.